The highest BCUT2D eigenvalue weighted by molar-refractivity contribution is 8.00. The molecule has 0 saturated carbocycles. The van der Waals surface area contributed by atoms with Crippen LogP contribution in [0.1, 0.15) is 12.6 Å². The van der Waals surface area contributed by atoms with Crippen LogP contribution >= 0.6 is 23.1 Å². The predicted molar refractivity (Wildman–Crippen MR) is 110 cm³/mol. The van der Waals surface area contributed by atoms with Crippen molar-refractivity contribution in [3.63, 3.8) is 0 Å². The number of nitrogens with two attached hydrogens (primary N) is 1. The van der Waals surface area contributed by atoms with Crippen molar-refractivity contribution in [3.8, 4) is 0 Å². The van der Waals surface area contributed by atoms with Crippen LogP contribution in [0.3, 0.4) is 0 Å². The zero-order valence-corrected chi connectivity index (χ0v) is 17.6. The second-order valence-electron chi connectivity index (χ2n) is 6.26. The monoisotopic (exact) mass is 467 g/mol. The van der Waals surface area contributed by atoms with Gasteiger partial charge < -0.3 is 26.1 Å². The van der Waals surface area contributed by atoms with Gasteiger partial charge in [-0.1, -0.05) is 11.2 Å². The molecule has 14 heteroatoms. The number of thioether (sulfide) groups is 1. The van der Waals surface area contributed by atoms with Gasteiger partial charge in [-0.15, -0.1) is 23.1 Å². The van der Waals surface area contributed by atoms with Crippen molar-refractivity contribution in [1.29, 1.82) is 0 Å². The van der Waals surface area contributed by atoms with E-state index in [9.17, 15) is 29.5 Å². The number of carboxylic acid groups (broad SMARTS) is 1. The summed E-state index contributed by atoms with van der Waals surface area (Å²) >= 11 is 2.30. The number of carboxylic acids is 1. The van der Waals surface area contributed by atoms with Gasteiger partial charge in [0.2, 0.25) is 0 Å². The Morgan fingerprint density at radius 2 is 2.23 bits per heavy atom. The van der Waals surface area contributed by atoms with Gasteiger partial charge in [-0.25, -0.2) is 9.78 Å². The number of hydrogen-bond acceptors (Lipinski definition) is 11. The standard InChI is InChI=1S/C17H17N5O7S2/c1-7(23)29-4-2-3-8-5-30-15-11(14(25)22(15)12(8)16(26)27)20-13(24)10(21-28)9-6-31-17(18)19-9/h2-3,6,11,15,28H,4-5H2,1H3,(H2,18,19)(H,20,24)(H,26,27)/b3-2-,21-10-/t11?,15-/m0/s1. The van der Waals surface area contributed by atoms with Gasteiger partial charge in [-0.05, 0) is 11.6 Å². The number of thiazole rings is 1. The Balaban J connectivity index is 1.74. The second-order valence-corrected chi connectivity index (χ2v) is 8.26. The van der Waals surface area contributed by atoms with E-state index in [0.717, 1.165) is 16.2 Å². The van der Waals surface area contributed by atoms with Crippen LogP contribution in [0.4, 0.5) is 5.13 Å². The lowest BCUT2D eigenvalue weighted by Crippen LogP contribution is -2.71. The molecule has 31 heavy (non-hydrogen) atoms. The Morgan fingerprint density at radius 1 is 1.48 bits per heavy atom. The smallest absolute Gasteiger partial charge is 0.352 e. The van der Waals surface area contributed by atoms with E-state index in [1.54, 1.807) is 0 Å². The Hall–Kier alpha value is -3.39. The fraction of sp³-hybridized carbons (Fsp3) is 0.294. The molecule has 1 fully saturated rings. The van der Waals surface area contributed by atoms with Crippen LogP contribution in [0, 0.1) is 0 Å². The summed E-state index contributed by atoms with van der Waals surface area (Å²) in [5.74, 6) is -2.99. The number of anilines is 1. The Morgan fingerprint density at radius 3 is 2.81 bits per heavy atom. The second kappa shape index (κ2) is 9.18. The first kappa shape index (κ1) is 22.3. The summed E-state index contributed by atoms with van der Waals surface area (Å²) in [6.07, 6.45) is 2.96. The van der Waals surface area contributed by atoms with E-state index in [2.05, 4.69) is 15.5 Å². The third kappa shape index (κ3) is 4.54. The Labute approximate surface area is 183 Å². The van der Waals surface area contributed by atoms with Gasteiger partial charge >= 0.3 is 11.9 Å². The van der Waals surface area contributed by atoms with Crippen molar-refractivity contribution >= 4 is 57.7 Å². The lowest BCUT2D eigenvalue weighted by molar-refractivity contribution is -0.150. The molecule has 1 aromatic rings. The van der Waals surface area contributed by atoms with Gasteiger partial charge in [0.1, 0.15) is 29.4 Å². The minimum absolute atomic E-state index is 0.0309. The number of ether oxygens (including phenoxy) is 1. The number of carbonyl (C=O) groups excluding carboxylic acids is 3. The van der Waals surface area contributed by atoms with Crippen LogP contribution in [0.5, 0.6) is 0 Å². The first-order chi connectivity index (χ1) is 14.7. The molecule has 1 aromatic heterocycles. The minimum Gasteiger partial charge on any atom is -0.477 e. The average molecular weight is 467 g/mol. The van der Waals surface area contributed by atoms with E-state index in [0.29, 0.717) is 5.57 Å². The largest absolute Gasteiger partial charge is 0.477 e. The number of aliphatic carboxylic acids is 1. The van der Waals surface area contributed by atoms with Crippen LogP contribution in [-0.4, -0.2) is 73.4 Å². The van der Waals surface area contributed by atoms with Crippen LogP contribution in [-0.2, 0) is 23.9 Å². The molecule has 164 valence electrons. The van der Waals surface area contributed by atoms with E-state index in [1.165, 1.54) is 36.2 Å². The molecule has 0 aliphatic carbocycles. The topological polar surface area (TPSA) is 185 Å². The molecule has 2 amide bonds. The van der Waals surface area contributed by atoms with E-state index in [4.69, 9.17) is 10.5 Å². The zero-order valence-electron chi connectivity index (χ0n) is 16.0. The van der Waals surface area contributed by atoms with E-state index < -0.39 is 40.9 Å². The number of aromatic nitrogens is 1. The number of carbonyl (C=O) groups is 4. The SMILES string of the molecule is CC(=O)OC/C=C\C1=C(C(=O)O)N2C(=O)C(NC(=O)/C(=N\O)c3csc(N)n3)[C@@H]2SC1. The summed E-state index contributed by atoms with van der Waals surface area (Å²) in [5.41, 5.74) is 5.32. The van der Waals surface area contributed by atoms with E-state index >= 15 is 0 Å². The molecule has 1 unspecified atom stereocenters. The minimum atomic E-state index is -1.30. The Bertz CT molecular complexity index is 1030. The number of hydrogen-bond donors (Lipinski definition) is 4. The number of nitrogens with one attached hydrogen (secondary N) is 1. The molecule has 1 saturated heterocycles. The molecule has 0 radical (unpaired) electrons. The van der Waals surface area contributed by atoms with Crippen molar-refractivity contribution in [3.05, 3.63) is 34.5 Å². The van der Waals surface area contributed by atoms with Gasteiger partial charge in [0.25, 0.3) is 11.8 Å². The van der Waals surface area contributed by atoms with Crippen molar-refractivity contribution < 1.29 is 34.2 Å². The molecule has 2 atom stereocenters. The van der Waals surface area contributed by atoms with Gasteiger partial charge in [0.05, 0.1) is 0 Å². The lowest BCUT2D eigenvalue weighted by Gasteiger charge is -2.49. The molecule has 3 heterocycles. The predicted octanol–water partition coefficient (Wildman–Crippen LogP) is -0.238. The van der Waals surface area contributed by atoms with Crippen molar-refractivity contribution in [2.24, 2.45) is 5.16 Å². The summed E-state index contributed by atoms with van der Waals surface area (Å²) < 4.78 is 4.77. The number of β-lactam (4-membered cyclic amide) rings is 1. The van der Waals surface area contributed by atoms with Crippen LogP contribution in [0.25, 0.3) is 0 Å². The fourth-order valence-electron chi connectivity index (χ4n) is 2.95. The third-order valence-electron chi connectivity index (χ3n) is 4.27. The highest BCUT2D eigenvalue weighted by atomic mass is 32.2. The third-order valence-corrected chi connectivity index (χ3v) is 6.24. The number of rotatable bonds is 7. The summed E-state index contributed by atoms with van der Waals surface area (Å²) in [7, 11) is 0. The molecule has 3 rings (SSSR count). The first-order valence-electron chi connectivity index (χ1n) is 8.70. The normalized spacial score (nSPS) is 21.0. The summed E-state index contributed by atoms with van der Waals surface area (Å²) in [6.45, 7) is 1.22. The van der Waals surface area contributed by atoms with Crippen LogP contribution in [0.15, 0.2) is 34.0 Å². The maximum atomic E-state index is 12.6. The van der Waals surface area contributed by atoms with Crippen LogP contribution < -0.4 is 11.1 Å². The summed E-state index contributed by atoms with van der Waals surface area (Å²) in [5, 5.41) is 25.1. The number of nitrogens with zero attached hydrogens (tertiary/aromatic N) is 3. The maximum Gasteiger partial charge on any atom is 0.352 e. The fourth-order valence-corrected chi connectivity index (χ4v) is 4.81. The number of esters is 1. The van der Waals surface area contributed by atoms with Gasteiger partial charge in [0.15, 0.2) is 10.8 Å². The van der Waals surface area contributed by atoms with Crippen molar-refractivity contribution in [1.82, 2.24) is 15.2 Å². The molecule has 12 nitrogen and oxygen atoms in total. The van der Waals surface area contributed by atoms with E-state index in [1.807, 2.05) is 0 Å². The molecule has 2 aliphatic rings. The average Bonchev–Trinajstić information content (AvgIpc) is 3.14. The molecule has 0 aromatic carbocycles. The summed E-state index contributed by atoms with van der Waals surface area (Å²) in [4.78, 5) is 52.7. The maximum absolute atomic E-state index is 12.6. The first-order valence-corrected chi connectivity index (χ1v) is 10.6. The molecular weight excluding hydrogens is 450 g/mol. The molecule has 5 N–H and O–H groups in total. The highest BCUT2D eigenvalue weighted by Gasteiger charge is 2.54. The van der Waals surface area contributed by atoms with Crippen LogP contribution in [0.2, 0.25) is 0 Å². The number of oxime groups is 1. The quantitative estimate of drug-likeness (QED) is 0.137. The number of allylic oxidation sites excluding steroid dienone is 1. The highest BCUT2D eigenvalue weighted by Crippen LogP contribution is 2.40. The summed E-state index contributed by atoms with van der Waals surface area (Å²) in [6, 6.07) is -1.01. The van der Waals surface area contributed by atoms with Gasteiger partial charge in [0, 0.05) is 18.1 Å². The lowest BCUT2D eigenvalue weighted by atomic mass is 10.0. The number of amides is 2. The van der Waals surface area contributed by atoms with Crippen molar-refractivity contribution in [2.45, 2.75) is 18.3 Å². The number of nitrogen functional groups attached to an aromatic ring is 1. The molecular formula is C17H17N5O7S2. The zero-order chi connectivity index (χ0) is 22.7. The molecule has 0 spiro atoms. The molecule has 2 aliphatic heterocycles. The molecule has 0 bridgehead atoms. The Kier molecular flexibility index (Phi) is 6.60. The van der Waals surface area contributed by atoms with Gasteiger partial charge in [-0.2, -0.15) is 0 Å². The van der Waals surface area contributed by atoms with Gasteiger partial charge in [-0.3, -0.25) is 19.3 Å². The number of fused-ring (bicyclic) bond motifs is 1. The van der Waals surface area contributed by atoms with Crippen molar-refractivity contribution in [2.75, 3.05) is 18.1 Å². The van der Waals surface area contributed by atoms with E-state index in [-0.39, 0.29) is 28.9 Å².